The van der Waals surface area contributed by atoms with Gasteiger partial charge in [0.2, 0.25) is 0 Å². The number of rotatable bonds is 4. The minimum Gasteiger partial charge on any atom is -0.341 e. The molecule has 6 heteroatoms. The van der Waals surface area contributed by atoms with Crippen LogP contribution in [0.3, 0.4) is 0 Å². The number of hydrogen-bond donors (Lipinski definition) is 0. The van der Waals surface area contributed by atoms with Crippen molar-refractivity contribution in [3.05, 3.63) is 36.2 Å². The summed E-state index contributed by atoms with van der Waals surface area (Å²) in [5.74, 6) is 0.397. The Morgan fingerprint density at radius 1 is 1.37 bits per heavy atom. The first-order chi connectivity index (χ1) is 9.09. The summed E-state index contributed by atoms with van der Waals surface area (Å²) in [7, 11) is 1.80. The van der Waals surface area contributed by atoms with Crippen LogP contribution in [-0.4, -0.2) is 44.6 Å². The Balaban J connectivity index is 2.32. The number of carbonyl (C=O) groups excluding carboxylic acids is 1. The molecule has 0 atom stereocenters. The van der Waals surface area contributed by atoms with Gasteiger partial charge in [-0.25, -0.2) is 0 Å². The van der Waals surface area contributed by atoms with E-state index in [1.54, 1.807) is 18.0 Å². The zero-order valence-electron chi connectivity index (χ0n) is 11.3. The Hall–Kier alpha value is -2.24. The first-order valence-electron chi connectivity index (χ1n) is 6.17. The molecule has 6 nitrogen and oxygen atoms in total. The van der Waals surface area contributed by atoms with E-state index in [0.29, 0.717) is 23.7 Å². The van der Waals surface area contributed by atoms with E-state index < -0.39 is 0 Å². The summed E-state index contributed by atoms with van der Waals surface area (Å²) in [4.78, 5) is 14.2. The minimum absolute atomic E-state index is 0.0280. The number of para-hydroxylation sites is 1. The molecular formula is C13H17N5O. The van der Waals surface area contributed by atoms with Gasteiger partial charge in [-0.2, -0.15) is 4.68 Å². The van der Waals surface area contributed by atoms with Crippen molar-refractivity contribution in [1.29, 1.82) is 0 Å². The molecule has 1 heterocycles. The van der Waals surface area contributed by atoms with Crippen molar-refractivity contribution in [2.24, 2.45) is 5.92 Å². The number of carbonyl (C=O) groups is 1. The summed E-state index contributed by atoms with van der Waals surface area (Å²) in [6.07, 6.45) is 1.48. The van der Waals surface area contributed by atoms with Crippen LogP contribution in [0, 0.1) is 5.92 Å². The lowest BCUT2D eigenvalue weighted by molar-refractivity contribution is 0.0779. The van der Waals surface area contributed by atoms with Crippen LogP contribution in [0.4, 0.5) is 0 Å². The Morgan fingerprint density at radius 3 is 2.74 bits per heavy atom. The van der Waals surface area contributed by atoms with Gasteiger partial charge in [0.05, 0.1) is 11.3 Å². The van der Waals surface area contributed by atoms with Crippen molar-refractivity contribution in [1.82, 2.24) is 25.1 Å². The second kappa shape index (κ2) is 5.60. The minimum atomic E-state index is -0.0280. The third-order valence-corrected chi connectivity index (χ3v) is 2.72. The maximum Gasteiger partial charge on any atom is 0.255 e. The highest BCUT2D eigenvalue weighted by Crippen LogP contribution is 2.15. The predicted molar refractivity (Wildman–Crippen MR) is 71.0 cm³/mol. The highest BCUT2D eigenvalue weighted by molar-refractivity contribution is 5.97. The van der Waals surface area contributed by atoms with Gasteiger partial charge in [0.1, 0.15) is 6.33 Å². The van der Waals surface area contributed by atoms with Gasteiger partial charge in [-0.1, -0.05) is 26.0 Å². The van der Waals surface area contributed by atoms with Gasteiger partial charge in [-0.05, 0) is 28.5 Å². The Kier molecular flexibility index (Phi) is 3.89. The first kappa shape index (κ1) is 13.2. The molecule has 0 fully saturated rings. The Bertz CT molecular complexity index is 550. The molecule has 0 aliphatic rings. The number of benzene rings is 1. The Labute approximate surface area is 112 Å². The Morgan fingerprint density at radius 2 is 2.11 bits per heavy atom. The zero-order chi connectivity index (χ0) is 13.8. The lowest BCUT2D eigenvalue weighted by atomic mass is 10.1. The van der Waals surface area contributed by atoms with Crippen molar-refractivity contribution in [2.45, 2.75) is 13.8 Å². The quantitative estimate of drug-likeness (QED) is 0.832. The van der Waals surface area contributed by atoms with Crippen LogP contribution in [0.5, 0.6) is 0 Å². The molecule has 19 heavy (non-hydrogen) atoms. The fourth-order valence-corrected chi connectivity index (χ4v) is 1.96. The topological polar surface area (TPSA) is 63.9 Å². The molecule has 0 N–H and O–H groups in total. The van der Waals surface area contributed by atoms with Crippen LogP contribution >= 0.6 is 0 Å². The largest absolute Gasteiger partial charge is 0.341 e. The second-order valence-electron chi connectivity index (χ2n) is 4.85. The first-order valence-corrected chi connectivity index (χ1v) is 6.17. The third kappa shape index (κ3) is 2.96. The maximum atomic E-state index is 12.4. The summed E-state index contributed by atoms with van der Waals surface area (Å²) in [5, 5.41) is 11.0. The van der Waals surface area contributed by atoms with Crippen LogP contribution in [0.25, 0.3) is 5.69 Å². The third-order valence-electron chi connectivity index (χ3n) is 2.72. The molecular weight excluding hydrogens is 242 g/mol. The summed E-state index contributed by atoms with van der Waals surface area (Å²) in [6, 6.07) is 7.31. The van der Waals surface area contributed by atoms with Crippen molar-refractivity contribution in [3.63, 3.8) is 0 Å². The highest BCUT2D eigenvalue weighted by atomic mass is 16.2. The number of tetrazole rings is 1. The van der Waals surface area contributed by atoms with E-state index in [0.717, 1.165) is 0 Å². The molecule has 0 unspecified atom stereocenters. The maximum absolute atomic E-state index is 12.4. The molecule has 1 amide bonds. The van der Waals surface area contributed by atoms with Gasteiger partial charge < -0.3 is 4.90 Å². The molecule has 0 saturated heterocycles. The van der Waals surface area contributed by atoms with E-state index in [1.165, 1.54) is 11.0 Å². The van der Waals surface area contributed by atoms with Crippen LogP contribution in [0.1, 0.15) is 24.2 Å². The summed E-state index contributed by atoms with van der Waals surface area (Å²) in [5.41, 5.74) is 1.28. The van der Waals surface area contributed by atoms with Crippen LogP contribution in [0.15, 0.2) is 30.6 Å². The van der Waals surface area contributed by atoms with E-state index >= 15 is 0 Å². The average molecular weight is 259 g/mol. The van der Waals surface area contributed by atoms with Gasteiger partial charge in [0.25, 0.3) is 5.91 Å². The second-order valence-corrected chi connectivity index (χ2v) is 4.85. The van der Waals surface area contributed by atoms with Gasteiger partial charge in [-0.3, -0.25) is 4.79 Å². The molecule has 0 spiro atoms. The predicted octanol–water partition coefficient (Wildman–Crippen LogP) is 1.39. The monoisotopic (exact) mass is 259 g/mol. The lowest BCUT2D eigenvalue weighted by Gasteiger charge is -2.20. The number of amides is 1. The van der Waals surface area contributed by atoms with Crippen molar-refractivity contribution in [3.8, 4) is 5.69 Å². The van der Waals surface area contributed by atoms with Crippen LogP contribution in [0.2, 0.25) is 0 Å². The molecule has 0 aliphatic heterocycles. The molecule has 0 aliphatic carbocycles. The van der Waals surface area contributed by atoms with Gasteiger partial charge in [0.15, 0.2) is 0 Å². The number of nitrogens with zero attached hydrogens (tertiary/aromatic N) is 5. The zero-order valence-corrected chi connectivity index (χ0v) is 11.3. The summed E-state index contributed by atoms with van der Waals surface area (Å²) >= 11 is 0. The number of aromatic nitrogens is 4. The molecule has 1 aromatic heterocycles. The standard InChI is InChI=1S/C13H17N5O/c1-10(2)8-17(3)13(19)11-6-4-5-7-12(11)18-9-14-15-16-18/h4-7,9-10H,8H2,1-3H3. The fraction of sp³-hybridized carbons (Fsp3) is 0.385. The van der Waals surface area contributed by atoms with Gasteiger partial charge in [-0.15, -0.1) is 5.10 Å². The SMILES string of the molecule is CC(C)CN(C)C(=O)c1ccccc1-n1cnnn1. The van der Waals surface area contributed by atoms with Crippen LogP contribution < -0.4 is 0 Å². The molecule has 2 rings (SSSR count). The summed E-state index contributed by atoms with van der Waals surface area (Å²) in [6.45, 7) is 4.87. The van der Waals surface area contributed by atoms with Crippen molar-refractivity contribution in [2.75, 3.05) is 13.6 Å². The molecule has 0 bridgehead atoms. The number of hydrogen-bond acceptors (Lipinski definition) is 4. The normalized spacial score (nSPS) is 10.7. The molecule has 1 aromatic carbocycles. The fourth-order valence-electron chi connectivity index (χ4n) is 1.96. The van der Waals surface area contributed by atoms with Crippen LogP contribution in [-0.2, 0) is 0 Å². The summed E-state index contributed by atoms with van der Waals surface area (Å²) < 4.78 is 1.50. The molecule has 0 saturated carbocycles. The van der Waals surface area contributed by atoms with Crippen molar-refractivity contribution >= 4 is 5.91 Å². The van der Waals surface area contributed by atoms with Crippen molar-refractivity contribution < 1.29 is 4.79 Å². The van der Waals surface area contributed by atoms with Gasteiger partial charge >= 0.3 is 0 Å². The molecule has 0 radical (unpaired) electrons. The van der Waals surface area contributed by atoms with E-state index in [-0.39, 0.29) is 5.91 Å². The average Bonchev–Trinajstić information content (AvgIpc) is 2.91. The highest BCUT2D eigenvalue weighted by Gasteiger charge is 2.17. The smallest absolute Gasteiger partial charge is 0.255 e. The van der Waals surface area contributed by atoms with E-state index in [2.05, 4.69) is 29.4 Å². The van der Waals surface area contributed by atoms with E-state index in [1.807, 2.05) is 18.2 Å². The lowest BCUT2D eigenvalue weighted by Crippen LogP contribution is -2.31. The molecule has 100 valence electrons. The van der Waals surface area contributed by atoms with Gasteiger partial charge in [0, 0.05) is 13.6 Å². The molecule has 2 aromatic rings. The van der Waals surface area contributed by atoms with E-state index in [4.69, 9.17) is 0 Å². The van der Waals surface area contributed by atoms with E-state index in [9.17, 15) is 4.79 Å².